The average molecular weight is 414 g/mol. The maximum absolute atomic E-state index is 12.3. The molecule has 1 saturated heterocycles. The van der Waals surface area contributed by atoms with Gasteiger partial charge in [0.05, 0.1) is 12.0 Å². The molecule has 2 aromatic rings. The molecule has 0 radical (unpaired) electrons. The number of para-hydroxylation sites is 1. The van der Waals surface area contributed by atoms with Gasteiger partial charge in [-0.2, -0.15) is 0 Å². The Morgan fingerprint density at radius 1 is 1.03 bits per heavy atom. The van der Waals surface area contributed by atoms with Gasteiger partial charge in [0.15, 0.2) is 6.61 Å². The molecule has 2 heterocycles. The number of esters is 1. The molecule has 1 aliphatic heterocycles. The van der Waals surface area contributed by atoms with Crippen molar-refractivity contribution in [2.75, 3.05) is 39.9 Å². The van der Waals surface area contributed by atoms with Gasteiger partial charge in [0.1, 0.15) is 5.75 Å². The molecule has 152 valence electrons. The van der Waals surface area contributed by atoms with Crippen LogP contribution in [0, 0.1) is 0 Å². The van der Waals surface area contributed by atoms with E-state index in [9.17, 15) is 14.4 Å². The fourth-order valence-corrected chi connectivity index (χ4v) is 3.64. The summed E-state index contributed by atoms with van der Waals surface area (Å²) in [4.78, 5) is 40.6. The molecular weight excluding hydrogens is 392 g/mol. The summed E-state index contributed by atoms with van der Waals surface area (Å²) in [5, 5.41) is 1.86. The molecule has 1 aliphatic rings. The first-order chi connectivity index (χ1) is 14.1. The van der Waals surface area contributed by atoms with E-state index in [1.165, 1.54) is 17.4 Å². The van der Waals surface area contributed by atoms with Gasteiger partial charge in [-0.25, -0.2) is 4.79 Å². The number of carbonyl (C=O) groups excluding carboxylic acids is 3. The number of piperazine rings is 1. The summed E-state index contributed by atoms with van der Waals surface area (Å²) in [6.07, 6.45) is 2.85. The highest BCUT2D eigenvalue weighted by Gasteiger charge is 2.25. The van der Waals surface area contributed by atoms with Crippen LogP contribution < -0.4 is 4.74 Å². The normalized spacial score (nSPS) is 14.1. The maximum atomic E-state index is 12.3. The molecule has 0 spiro atoms. The number of hydrogen-bond donors (Lipinski definition) is 0. The van der Waals surface area contributed by atoms with Gasteiger partial charge >= 0.3 is 5.97 Å². The van der Waals surface area contributed by atoms with E-state index in [-0.39, 0.29) is 18.4 Å². The van der Waals surface area contributed by atoms with Crippen molar-refractivity contribution in [2.24, 2.45) is 0 Å². The van der Waals surface area contributed by atoms with Crippen molar-refractivity contribution in [1.29, 1.82) is 0 Å². The van der Waals surface area contributed by atoms with Crippen LogP contribution in [-0.4, -0.2) is 67.5 Å². The molecule has 7 nitrogen and oxygen atoms in total. The molecular formula is C21H22N2O5S. The highest BCUT2D eigenvalue weighted by Crippen LogP contribution is 2.18. The first-order valence-corrected chi connectivity index (χ1v) is 10.0. The van der Waals surface area contributed by atoms with Crippen molar-refractivity contribution in [2.45, 2.75) is 0 Å². The molecule has 0 atom stereocenters. The Hall–Kier alpha value is -3.13. The van der Waals surface area contributed by atoms with Crippen LogP contribution in [0.15, 0.2) is 47.9 Å². The fraction of sp³-hybridized carbons (Fsp3) is 0.286. The topological polar surface area (TPSA) is 76.2 Å². The van der Waals surface area contributed by atoms with Crippen molar-refractivity contribution in [3.05, 3.63) is 58.3 Å². The third-order valence-corrected chi connectivity index (χ3v) is 5.39. The molecule has 2 amide bonds. The summed E-state index contributed by atoms with van der Waals surface area (Å²) in [5.74, 6) is -0.245. The lowest BCUT2D eigenvalue weighted by Crippen LogP contribution is -2.51. The molecule has 1 aromatic heterocycles. The molecule has 1 fully saturated rings. The summed E-state index contributed by atoms with van der Waals surface area (Å²) in [7, 11) is 1.55. The van der Waals surface area contributed by atoms with E-state index in [4.69, 9.17) is 9.47 Å². The monoisotopic (exact) mass is 414 g/mol. The number of rotatable bonds is 6. The maximum Gasteiger partial charge on any atom is 0.331 e. The van der Waals surface area contributed by atoms with Crippen LogP contribution in [0.2, 0.25) is 0 Å². The van der Waals surface area contributed by atoms with Crippen LogP contribution in [0.25, 0.3) is 6.08 Å². The Morgan fingerprint density at radius 2 is 1.76 bits per heavy atom. The Labute approximate surface area is 173 Å². The number of amides is 2. The number of methoxy groups -OCH3 is 1. The van der Waals surface area contributed by atoms with E-state index < -0.39 is 5.97 Å². The molecule has 0 bridgehead atoms. The molecule has 0 unspecified atom stereocenters. The van der Waals surface area contributed by atoms with Crippen LogP contribution in [-0.2, 0) is 14.3 Å². The third kappa shape index (κ3) is 5.45. The summed E-state index contributed by atoms with van der Waals surface area (Å²) in [6, 6.07) is 10.9. The Kier molecular flexibility index (Phi) is 7.02. The number of hydrogen-bond acceptors (Lipinski definition) is 6. The second-order valence-corrected chi connectivity index (χ2v) is 7.28. The van der Waals surface area contributed by atoms with Crippen LogP contribution in [0.4, 0.5) is 0 Å². The molecule has 8 heteroatoms. The van der Waals surface area contributed by atoms with E-state index in [2.05, 4.69) is 0 Å². The zero-order valence-corrected chi connectivity index (χ0v) is 16.9. The third-order valence-electron chi connectivity index (χ3n) is 4.53. The lowest BCUT2D eigenvalue weighted by molar-refractivity contribution is -0.148. The molecule has 29 heavy (non-hydrogen) atoms. The minimum atomic E-state index is -0.601. The highest BCUT2D eigenvalue weighted by atomic mass is 32.1. The Morgan fingerprint density at radius 3 is 2.45 bits per heavy atom. The summed E-state index contributed by atoms with van der Waals surface area (Å²) < 4.78 is 10.3. The van der Waals surface area contributed by atoms with Crippen molar-refractivity contribution >= 4 is 35.2 Å². The zero-order valence-electron chi connectivity index (χ0n) is 16.1. The van der Waals surface area contributed by atoms with E-state index in [1.54, 1.807) is 35.1 Å². The van der Waals surface area contributed by atoms with E-state index in [0.717, 1.165) is 5.56 Å². The zero-order chi connectivity index (χ0) is 20.6. The minimum Gasteiger partial charge on any atom is -0.496 e. The molecule has 0 aliphatic carbocycles. The first-order valence-electron chi connectivity index (χ1n) is 9.17. The van der Waals surface area contributed by atoms with Crippen LogP contribution in [0.1, 0.15) is 15.2 Å². The van der Waals surface area contributed by atoms with Gasteiger partial charge < -0.3 is 19.3 Å². The summed E-state index contributed by atoms with van der Waals surface area (Å²) in [6.45, 7) is 1.44. The number of carbonyl (C=O) groups is 3. The van der Waals surface area contributed by atoms with Crippen LogP contribution in [0.5, 0.6) is 5.75 Å². The molecule has 3 rings (SSSR count). The largest absolute Gasteiger partial charge is 0.496 e. The van der Waals surface area contributed by atoms with E-state index in [0.29, 0.717) is 36.8 Å². The van der Waals surface area contributed by atoms with Crippen LogP contribution in [0.3, 0.4) is 0 Å². The smallest absolute Gasteiger partial charge is 0.331 e. The standard InChI is InChI=1S/C21H22N2O5S/c1-27-17-6-3-2-5-16(17)8-9-20(25)28-15-19(24)22-10-12-23(13-11-22)21(26)18-7-4-14-29-18/h2-9,14H,10-13,15H2,1H3/b9-8+. The Bertz CT molecular complexity index is 886. The molecule has 1 aromatic carbocycles. The second-order valence-electron chi connectivity index (χ2n) is 6.33. The number of ether oxygens (including phenoxy) is 2. The second kappa shape index (κ2) is 9.88. The predicted molar refractivity (Wildman–Crippen MR) is 110 cm³/mol. The summed E-state index contributed by atoms with van der Waals surface area (Å²) >= 11 is 1.40. The van der Waals surface area contributed by atoms with Gasteiger partial charge in [-0.05, 0) is 23.6 Å². The highest BCUT2D eigenvalue weighted by molar-refractivity contribution is 7.12. The van der Waals surface area contributed by atoms with Gasteiger partial charge in [0.2, 0.25) is 0 Å². The van der Waals surface area contributed by atoms with Crippen molar-refractivity contribution in [1.82, 2.24) is 9.80 Å². The van der Waals surface area contributed by atoms with Crippen molar-refractivity contribution in [3.63, 3.8) is 0 Å². The predicted octanol–water partition coefficient (Wildman–Crippen LogP) is 2.30. The van der Waals surface area contributed by atoms with Gasteiger partial charge in [0, 0.05) is 37.8 Å². The lowest BCUT2D eigenvalue weighted by atomic mass is 10.2. The lowest BCUT2D eigenvalue weighted by Gasteiger charge is -2.34. The Balaban J connectivity index is 1.43. The van der Waals surface area contributed by atoms with E-state index in [1.807, 2.05) is 29.6 Å². The first kappa shape index (κ1) is 20.6. The van der Waals surface area contributed by atoms with Crippen molar-refractivity contribution < 1.29 is 23.9 Å². The summed E-state index contributed by atoms with van der Waals surface area (Å²) in [5.41, 5.74) is 0.741. The van der Waals surface area contributed by atoms with Gasteiger partial charge in [-0.15, -0.1) is 11.3 Å². The van der Waals surface area contributed by atoms with Gasteiger partial charge in [0.25, 0.3) is 11.8 Å². The molecule has 0 saturated carbocycles. The van der Waals surface area contributed by atoms with Gasteiger partial charge in [-0.3, -0.25) is 9.59 Å². The minimum absolute atomic E-state index is 0.0139. The fourth-order valence-electron chi connectivity index (χ4n) is 2.95. The van der Waals surface area contributed by atoms with Crippen LogP contribution >= 0.6 is 11.3 Å². The molecule has 0 N–H and O–H groups in total. The average Bonchev–Trinajstić information content (AvgIpc) is 3.30. The number of benzene rings is 1. The quantitative estimate of drug-likeness (QED) is 0.536. The van der Waals surface area contributed by atoms with E-state index >= 15 is 0 Å². The SMILES string of the molecule is COc1ccccc1/C=C/C(=O)OCC(=O)N1CCN(C(=O)c2cccs2)CC1. The van der Waals surface area contributed by atoms with Gasteiger partial charge in [-0.1, -0.05) is 24.3 Å². The number of thiophene rings is 1. The number of nitrogens with zero attached hydrogens (tertiary/aromatic N) is 2. The van der Waals surface area contributed by atoms with Crippen molar-refractivity contribution in [3.8, 4) is 5.75 Å².